The summed E-state index contributed by atoms with van der Waals surface area (Å²) < 4.78 is 10.6. The van der Waals surface area contributed by atoms with E-state index in [9.17, 15) is 5.11 Å². The van der Waals surface area contributed by atoms with Crippen LogP contribution in [0.2, 0.25) is 0 Å². The fraction of sp³-hybridized carbons (Fsp3) is 0.381. The van der Waals surface area contributed by atoms with Crippen molar-refractivity contribution in [1.82, 2.24) is 10.6 Å². The number of benzene rings is 2. The van der Waals surface area contributed by atoms with Gasteiger partial charge in [-0.05, 0) is 37.6 Å². The number of aliphatic imine (C=N–C) groups is 1. The van der Waals surface area contributed by atoms with Crippen LogP contribution in [0.15, 0.2) is 47.5 Å². The minimum absolute atomic E-state index is 0.295. The molecule has 6 nitrogen and oxygen atoms in total. The molecule has 0 spiro atoms. The highest BCUT2D eigenvalue weighted by molar-refractivity contribution is 5.79. The summed E-state index contributed by atoms with van der Waals surface area (Å²) in [4.78, 5) is 4.59. The fourth-order valence-corrected chi connectivity index (χ4v) is 2.73. The second kappa shape index (κ2) is 10.4. The van der Waals surface area contributed by atoms with Crippen LogP contribution in [-0.2, 0) is 6.54 Å². The molecule has 2 aromatic rings. The van der Waals surface area contributed by atoms with Crippen LogP contribution in [-0.4, -0.2) is 38.4 Å². The van der Waals surface area contributed by atoms with Gasteiger partial charge >= 0.3 is 0 Å². The molecule has 0 bridgehead atoms. The van der Waals surface area contributed by atoms with E-state index in [1.807, 2.05) is 13.0 Å². The Labute approximate surface area is 161 Å². The standard InChI is InChI=1S/C21H29N3O3/c1-5-22-21(23-13-16-8-6-7-15(2)11-16)24-14-19(25)18-12-17(26-3)9-10-20(18)27-4/h6-12,19,25H,5,13-14H2,1-4H3,(H2,22,23,24). The molecule has 27 heavy (non-hydrogen) atoms. The molecule has 3 N–H and O–H groups in total. The number of aliphatic hydroxyl groups excluding tert-OH is 1. The van der Waals surface area contributed by atoms with Crippen LogP contribution < -0.4 is 20.1 Å². The van der Waals surface area contributed by atoms with Crippen molar-refractivity contribution in [1.29, 1.82) is 0 Å². The van der Waals surface area contributed by atoms with Gasteiger partial charge in [-0.2, -0.15) is 0 Å². The fourth-order valence-electron chi connectivity index (χ4n) is 2.73. The Bertz CT molecular complexity index is 762. The lowest BCUT2D eigenvalue weighted by molar-refractivity contribution is 0.176. The Kier molecular flexibility index (Phi) is 7.95. The summed E-state index contributed by atoms with van der Waals surface area (Å²) in [5, 5.41) is 17.0. The highest BCUT2D eigenvalue weighted by Gasteiger charge is 2.15. The maximum Gasteiger partial charge on any atom is 0.191 e. The first kappa shape index (κ1) is 20.6. The van der Waals surface area contributed by atoms with Gasteiger partial charge in [0.05, 0.1) is 26.9 Å². The zero-order chi connectivity index (χ0) is 19.6. The van der Waals surface area contributed by atoms with E-state index in [4.69, 9.17) is 9.47 Å². The van der Waals surface area contributed by atoms with Crippen LogP contribution in [0.1, 0.15) is 29.7 Å². The molecular formula is C21H29N3O3. The van der Waals surface area contributed by atoms with Crippen molar-refractivity contribution in [3.8, 4) is 11.5 Å². The topological polar surface area (TPSA) is 75.1 Å². The molecule has 0 aromatic heterocycles. The van der Waals surface area contributed by atoms with Gasteiger partial charge in [0, 0.05) is 18.7 Å². The zero-order valence-electron chi connectivity index (χ0n) is 16.5. The number of methoxy groups -OCH3 is 2. The molecule has 0 aliphatic rings. The largest absolute Gasteiger partial charge is 0.497 e. The quantitative estimate of drug-likeness (QED) is 0.491. The molecule has 1 atom stereocenters. The van der Waals surface area contributed by atoms with Gasteiger partial charge in [-0.3, -0.25) is 0 Å². The first-order valence-corrected chi connectivity index (χ1v) is 9.05. The minimum atomic E-state index is -0.766. The average Bonchev–Trinajstić information content (AvgIpc) is 2.69. The lowest BCUT2D eigenvalue weighted by Crippen LogP contribution is -2.39. The third kappa shape index (κ3) is 6.18. The zero-order valence-corrected chi connectivity index (χ0v) is 16.5. The highest BCUT2D eigenvalue weighted by Crippen LogP contribution is 2.29. The normalized spacial score (nSPS) is 12.4. The molecule has 2 rings (SSSR count). The molecule has 0 fully saturated rings. The van der Waals surface area contributed by atoms with E-state index in [0.717, 1.165) is 12.1 Å². The van der Waals surface area contributed by atoms with E-state index < -0.39 is 6.10 Å². The lowest BCUT2D eigenvalue weighted by atomic mass is 10.1. The monoisotopic (exact) mass is 371 g/mol. The van der Waals surface area contributed by atoms with E-state index in [0.29, 0.717) is 36.1 Å². The average molecular weight is 371 g/mol. The van der Waals surface area contributed by atoms with Gasteiger partial charge in [0.25, 0.3) is 0 Å². The van der Waals surface area contributed by atoms with Crippen LogP contribution >= 0.6 is 0 Å². The maximum absolute atomic E-state index is 10.6. The summed E-state index contributed by atoms with van der Waals surface area (Å²) in [5.74, 6) is 1.94. The van der Waals surface area contributed by atoms with Gasteiger partial charge in [-0.25, -0.2) is 4.99 Å². The Morgan fingerprint density at radius 2 is 1.93 bits per heavy atom. The van der Waals surface area contributed by atoms with Gasteiger partial charge in [0.2, 0.25) is 0 Å². The second-order valence-corrected chi connectivity index (χ2v) is 6.19. The lowest BCUT2D eigenvalue weighted by Gasteiger charge is -2.18. The number of guanidine groups is 1. The van der Waals surface area contributed by atoms with Crippen molar-refractivity contribution in [3.05, 3.63) is 59.2 Å². The molecular weight excluding hydrogens is 342 g/mol. The van der Waals surface area contributed by atoms with Crippen molar-refractivity contribution < 1.29 is 14.6 Å². The number of hydrogen-bond donors (Lipinski definition) is 3. The van der Waals surface area contributed by atoms with Crippen molar-refractivity contribution in [2.75, 3.05) is 27.3 Å². The van der Waals surface area contributed by atoms with Crippen molar-refractivity contribution in [3.63, 3.8) is 0 Å². The summed E-state index contributed by atoms with van der Waals surface area (Å²) in [5.41, 5.74) is 3.02. The molecule has 0 aliphatic carbocycles. The van der Waals surface area contributed by atoms with E-state index in [-0.39, 0.29) is 0 Å². The van der Waals surface area contributed by atoms with E-state index in [1.165, 1.54) is 5.56 Å². The summed E-state index contributed by atoms with van der Waals surface area (Å²) in [7, 11) is 3.18. The van der Waals surface area contributed by atoms with Crippen molar-refractivity contribution >= 4 is 5.96 Å². The van der Waals surface area contributed by atoms with Gasteiger partial charge in [0.15, 0.2) is 5.96 Å². The van der Waals surface area contributed by atoms with Crippen LogP contribution in [0.3, 0.4) is 0 Å². The summed E-state index contributed by atoms with van der Waals surface area (Å²) >= 11 is 0. The number of aliphatic hydroxyl groups is 1. The Balaban J connectivity index is 2.05. The summed E-state index contributed by atoms with van der Waals surface area (Å²) in [6, 6.07) is 13.6. The highest BCUT2D eigenvalue weighted by atomic mass is 16.5. The smallest absolute Gasteiger partial charge is 0.191 e. The molecule has 0 saturated carbocycles. The molecule has 0 aliphatic heterocycles. The third-order valence-corrected chi connectivity index (χ3v) is 4.11. The molecule has 6 heteroatoms. The second-order valence-electron chi connectivity index (χ2n) is 6.19. The van der Waals surface area contributed by atoms with Crippen LogP contribution in [0, 0.1) is 6.92 Å². The van der Waals surface area contributed by atoms with E-state index in [2.05, 4.69) is 40.7 Å². The van der Waals surface area contributed by atoms with Crippen LogP contribution in [0.4, 0.5) is 0 Å². The first-order valence-electron chi connectivity index (χ1n) is 9.05. The van der Waals surface area contributed by atoms with Crippen molar-refractivity contribution in [2.45, 2.75) is 26.5 Å². The molecule has 146 valence electrons. The predicted molar refractivity (Wildman–Crippen MR) is 109 cm³/mol. The third-order valence-electron chi connectivity index (χ3n) is 4.11. The van der Waals surface area contributed by atoms with Crippen molar-refractivity contribution in [2.24, 2.45) is 4.99 Å². The van der Waals surface area contributed by atoms with Crippen LogP contribution in [0.5, 0.6) is 11.5 Å². The molecule has 0 saturated heterocycles. The summed E-state index contributed by atoms with van der Waals surface area (Å²) in [6.07, 6.45) is -0.766. The number of aryl methyl sites for hydroxylation is 1. The number of ether oxygens (including phenoxy) is 2. The Morgan fingerprint density at radius 3 is 2.59 bits per heavy atom. The Hall–Kier alpha value is -2.73. The van der Waals surface area contributed by atoms with Gasteiger partial charge in [-0.1, -0.05) is 29.8 Å². The number of hydrogen-bond acceptors (Lipinski definition) is 4. The Morgan fingerprint density at radius 1 is 1.11 bits per heavy atom. The first-order chi connectivity index (χ1) is 13.1. The number of nitrogens with one attached hydrogen (secondary N) is 2. The number of nitrogens with zero attached hydrogens (tertiary/aromatic N) is 1. The summed E-state index contributed by atoms with van der Waals surface area (Å²) in [6.45, 7) is 5.66. The maximum atomic E-state index is 10.6. The number of rotatable bonds is 8. The molecule has 2 aromatic carbocycles. The molecule has 0 heterocycles. The predicted octanol–water partition coefficient (Wildman–Crippen LogP) is 2.80. The van der Waals surface area contributed by atoms with Gasteiger partial charge in [0.1, 0.15) is 11.5 Å². The SMILES string of the molecule is CCNC(=NCc1cccc(C)c1)NCC(O)c1cc(OC)ccc1OC. The van der Waals surface area contributed by atoms with Crippen LogP contribution in [0.25, 0.3) is 0 Å². The van der Waals surface area contributed by atoms with E-state index in [1.54, 1.807) is 32.4 Å². The van der Waals surface area contributed by atoms with Gasteiger partial charge in [-0.15, -0.1) is 0 Å². The molecule has 1 unspecified atom stereocenters. The van der Waals surface area contributed by atoms with E-state index >= 15 is 0 Å². The molecule has 0 amide bonds. The minimum Gasteiger partial charge on any atom is -0.497 e. The molecule has 0 radical (unpaired) electrons. The van der Waals surface area contributed by atoms with Gasteiger partial charge < -0.3 is 25.2 Å².